The molecule has 166 valence electrons. The minimum Gasteiger partial charge on any atom is -0.360 e. The molecule has 1 saturated carbocycles. The monoisotopic (exact) mass is 437 g/mol. The summed E-state index contributed by atoms with van der Waals surface area (Å²) in [4.78, 5) is 12.6. The molecule has 4 fully saturated rings. The van der Waals surface area contributed by atoms with Gasteiger partial charge in [0.05, 0.1) is 0 Å². The highest BCUT2D eigenvalue weighted by atomic mass is 32.2. The molecule has 0 aromatic carbocycles. The fourth-order valence-electron chi connectivity index (χ4n) is 5.37. The first kappa shape index (κ1) is 20.4. The molecule has 2 bridgehead atoms. The van der Waals surface area contributed by atoms with Gasteiger partial charge >= 0.3 is 0 Å². The van der Waals surface area contributed by atoms with Crippen LogP contribution in [0.15, 0.2) is 10.6 Å². The van der Waals surface area contributed by atoms with E-state index in [4.69, 9.17) is 4.52 Å². The van der Waals surface area contributed by atoms with E-state index >= 15 is 0 Å². The number of hydrogen-bond donors (Lipinski definition) is 3. The Kier molecular flexibility index (Phi) is 5.37. The first-order valence-corrected chi connectivity index (χ1v) is 12.6. The molecule has 30 heavy (non-hydrogen) atoms. The minimum atomic E-state index is -3.53. The Morgan fingerprint density at radius 3 is 2.53 bits per heavy atom. The summed E-state index contributed by atoms with van der Waals surface area (Å²) in [6.07, 6.45) is 6.77. The number of nitrogens with one attached hydrogen (secondary N) is 3. The number of fused-ring (bicyclic) bond motifs is 2. The van der Waals surface area contributed by atoms with Crippen LogP contribution >= 0.6 is 0 Å². The van der Waals surface area contributed by atoms with Crippen LogP contribution < -0.4 is 15.4 Å². The molecule has 3 saturated heterocycles. The number of nitrogens with zero attached hydrogens (tertiary/aromatic N) is 2. The molecule has 3 aliphatic heterocycles. The molecule has 5 atom stereocenters. The van der Waals surface area contributed by atoms with Crippen molar-refractivity contribution in [2.45, 2.75) is 94.4 Å². The Labute approximate surface area is 177 Å². The average molecular weight is 438 g/mol. The molecule has 0 spiro atoms. The van der Waals surface area contributed by atoms with Gasteiger partial charge in [-0.05, 0) is 64.8 Å². The van der Waals surface area contributed by atoms with Crippen LogP contribution in [0.3, 0.4) is 0 Å². The quantitative estimate of drug-likeness (QED) is 0.617. The van der Waals surface area contributed by atoms with E-state index in [2.05, 4.69) is 27.4 Å². The second-order valence-electron chi connectivity index (χ2n) is 9.44. The van der Waals surface area contributed by atoms with Gasteiger partial charge in [0, 0.05) is 42.2 Å². The number of carbonyl (C=O) groups is 1. The molecule has 4 aliphatic rings. The molecule has 1 aromatic rings. The Bertz CT molecular complexity index is 885. The van der Waals surface area contributed by atoms with E-state index in [9.17, 15) is 13.2 Å². The molecule has 9 nitrogen and oxygen atoms in total. The summed E-state index contributed by atoms with van der Waals surface area (Å²) >= 11 is 0. The van der Waals surface area contributed by atoms with E-state index in [1.807, 2.05) is 0 Å². The first-order chi connectivity index (χ1) is 14.4. The van der Waals surface area contributed by atoms with E-state index in [0.717, 1.165) is 50.8 Å². The van der Waals surface area contributed by atoms with Gasteiger partial charge in [0.2, 0.25) is 0 Å². The van der Waals surface area contributed by atoms with E-state index in [-0.39, 0.29) is 30.1 Å². The van der Waals surface area contributed by atoms with Gasteiger partial charge in [-0.1, -0.05) is 5.16 Å². The van der Waals surface area contributed by atoms with Crippen LogP contribution in [0, 0.1) is 0 Å². The number of rotatable bonds is 6. The van der Waals surface area contributed by atoms with E-state index in [1.165, 1.54) is 0 Å². The van der Waals surface area contributed by atoms with Crippen molar-refractivity contribution in [3.05, 3.63) is 17.5 Å². The molecular formula is C20H31N5O4S. The molecule has 1 aromatic heterocycles. The maximum absolute atomic E-state index is 13.1. The summed E-state index contributed by atoms with van der Waals surface area (Å²) in [5, 5.41) is 10.3. The largest absolute Gasteiger partial charge is 0.360 e. The highest BCUT2D eigenvalue weighted by Gasteiger charge is 2.47. The van der Waals surface area contributed by atoms with Gasteiger partial charge in [0.15, 0.2) is 5.69 Å². The Hall–Kier alpha value is -1.49. The molecule has 1 aliphatic carbocycles. The number of piperidine rings is 2. The highest BCUT2D eigenvalue weighted by Crippen LogP contribution is 2.40. The third kappa shape index (κ3) is 4.15. The number of aromatic nitrogens is 1. The van der Waals surface area contributed by atoms with Crippen molar-refractivity contribution < 1.29 is 17.7 Å². The van der Waals surface area contributed by atoms with Gasteiger partial charge in [-0.2, -0.15) is 17.4 Å². The van der Waals surface area contributed by atoms with Gasteiger partial charge < -0.3 is 15.2 Å². The summed E-state index contributed by atoms with van der Waals surface area (Å²) in [7, 11) is -3.53. The predicted octanol–water partition coefficient (Wildman–Crippen LogP) is 1.25. The SMILES string of the molecule is C[C@H]1C[C@@H](NS(=O)(=O)N2[C@@H]3CC[C@H]2CC(NC(=O)c2cc(C4CC4)on2)C3)CCN1. The lowest BCUT2D eigenvalue weighted by atomic mass is 9.99. The van der Waals surface area contributed by atoms with Crippen molar-refractivity contribution in [3.63, 3.8) is 0 Å². The van der Waals surface area contributed by atoms with Crippen molar-refractivity contribution in [1.29, 1.82) is 0 Å². The number of carbonyl (C=O) groups excluding carboxylic acids is 1. The molecule has 1 unspecified atom stereocenters. The van der Waals surface area contributed by atoms with Crippen molar-refractivity contribution in [1.82, 2.24) is 24.8 Å². The fourth-order valence-corrected chi connectivity index (χ4v) is 7.30. The van der Waals surface area contributed by atoms with Gasteiger partial charge in [-0.3, -0.25) is 4.79 Å². The molecule has 0 radical (unpaired) electrons. The maximum atomic E-state index is 13.1. The van der Waals surface area contributed by atoms with Crippen molar-refractivity contribution in [2.75, 3.05) is 6.54 Å². The van der Waals surface area contributed by atoms with Gasteiger partial charge in [0.1, 0.15) is 5.76 Å². The van der Waals surface area contributed by atoms with Crippen molar-refractivity contribution in [3.8, 4) is 0 Å². The van der Waals surface area contributed by atoms with Crippen LogP contribution in [0.2, 0.25) is 0 Å². The topological polar surface area (TPSA) is 117 Å². The fraction of sp³-hybridized carbons (Fsp3) is 0.800. The van der Waals surface area contributed by atoms with E-state index < -0.39 is 10.2 Å². The molecule has 5 rings (SSSR count). The maximum Gasteiger partial charge on any atom is 0.280 e. The summed E-state index contributed by atoms with van der Waals surface area (Å²) in [5.74, 6) is 0.978. The van der Waals surface area contributed by atoms with Crippen LogP contribution in [-0.2, 0) is 10.2 Å². The number of hydrogen-bond acceptors (Lipinski definition) is 6. The lowest BCUT2D eigenvalue weighted by Crippen LogP contribution is -2.57. The minimum absolute atomic E-state index is 0.0177. The molecule has 3 N–H and O–H groups in total. The van der Waals surface area contributed by atoms with Crippen molar-refractivity contribution >= 4 is 16.1 Å². The zero-order valence-electron chi connectivity index (χ0n) is 17.3. The second-order valence-corrected chi connectivity index (χ2v) is 11.1. The summed E-state index contributed by atoms with van der Waals surface area (Å²) in [6.45, 7) is 2.92. The van der Waals surface area contributed by atoms with Crippen LogP contribution in [0.4, 0.5) is 0 Å². The summed E-state index contributed by atoms with van der Waals surface area (Å²) in [6, 6.07) is 1.87. The summed E-state index contributed by atoms with van der Waals surface area (Å²) < 4.78 is 36.2. The van der Waals surface area contributed by atoms with Gasteiger partial charge in [-0.25, -0.2) is 0 Å². The van der Waals surface area contributed by atoms with Crippen LogP contribution in [-0.4, -0.2) is 60.5 Å². The Morgan fingerprint density at radius 2 is 1.87 bits per heavy atom. The molecular weight excluding hydrogens is 406 g/mol. The first-order valence-electron chi connectivity index (χ1n) is 11.2. The predicted molar refractivity (Wildman–Crippen MR) is 110 cm³/mol. The average Bonchev–Trinajstić information content (AvgIpc) is 3.33. The molecule has 10 heteroatoms. The van der Waals surface area contributed by atoms with Crippen LogP contribution in [0.5, 0.6) is 0 Å². The Balaban J connectivity index is 1.20. The smallest absolute Gasteiger partial charge is 0.280 e. The van der Waals surface area contributed by atoms with Crippen LogP contribution in [0.25, 0.3) is 0 Å². The normalized spacial score (nSPS) is 34.8. The van der Waals surface area contributed by atoms with Gasteiger partial charge in [0.25, 0.3) is 16.1 Å². The van der Waals surface area contributed by atoms with E-state index in [1.54, 1.807) is 10.4 Å². The zero-order valence-corrected chi connectivity index (χ0v) is 18.2. The third-order valence-electron chi connectivity index (χ3n) is 6.96. The number of amides is 1. The van der Waals surface area contributed by atoms with Crippen molar-refractivity contribution in [2.24, 2.45) is 0 Å². The zero-order chi connectivity index (χ0) is 20.9. The lowest BCUT2D eigenvalue weighted by Gasteiger charge is -2.39. The standard InChI is InChI=1S/C20H31N5O4S/c1-12-8-14(6-7-21-12)24-30(27,28)25-16-4-5-17(25)10-15(9-16)22-20(26)18-11-19(29-23-18)13-2-3-13/h11-17,21,24H,2-10H2,1H3,(H,22,26)/t12-,14-,15?,16-,17+/m0/s1. The lowest BCUT2D eigenvalue weighted by molar-refractivity contribution is 0.0899. The highest BCUT2D eigenvalue weighted by molar-refractivity contribution is 7.87. The third-order valence-corrected chi connectivity index (χ3v) is 8.74. The van der Waals surface area contributed by atoms with Crippen LogP contribution in [0.1, 0.15) is 80.5 Å². The van der Waals surface area contributed by atoms with E-state index in [0.29, 0.717) is 30.5 Å². The summed E-state index contributed by atoms with van der Waals surface area (Å²) in [5.41, 5.74) is 0.320. The molecule has 4 heterocycles. The Morgan fingerprint density at radius 1 is 1.13 bits per heavy atom. The molecule has 1 amide bonds. The van der Waals surface area contributed by atoms with Gasteiger partial charge in [-0.15, -0.1) is 0 Å². The second kappa shape index (κ2) is 7.89.